The van der Waals surface area contributed by atoms with Crippen LogP contribution in [0.15, 0.2) is 23.3 Å². The van der Waals surface area contributed by atoms with Gasteiger partial charge in [-0.25, -0.2) is 0 Å². The number of hydrogen-bond acceptors (Lipinski definition) is 4. The van der Waals surface area contributed by atoms with E-state index in [0.29, 0.717) is 30.5 Å². The number of esters is 2. The summed E-state index contributed by atoms with van der Waals surface area (Å²) >= 11 is 0. The molecule has 0 aliphatic heterocycles. The number of hydrogen-bond donors (Lipinski definition) is 0. The lowest BCUT2D eigenvalue weighted by atomic mass is 9.48. The van der Waals surface area contributed by atoms with Crippen LogP contribution in [0.4, 0.5) is 0 Å². The molecule has 0 unspecified atom stereocenters. The zero-order chi connectivity index (χ0) is 20.9. The fraction of sp³-hybridized carbons (Fsp3) is 0.750. The number of ether oxygens (including phenoxy) is 2. The number of carbonyl (C=O) groups is 2. The van der Waals surface area contributed by atoms with E-state index in [0.717, 1.165) is 19.3 Å². The van der Waals surface area contributed by atoms with Crippen LogP contribution in [0.25, 0.3) is 0 Å². The lowest BCUT2D eigenvalue weighted by Gasteiger charge is -2.57. The molecule has 0 heterocycles. The Kier molecular flexibility index (Phi) is 7.52. The molecular formula is C24H38O4. The Labute approximate surface area is 170 Å². The Morgan fingerprint density at radius 1 is 1.11 bits per heavy atom. The topological polar surface area (TPSA) is 52.6 Å². The van der Waals surface area contributed by atoms with Crippen molar-refractivity contribution in [2.45, 2.75) is 80.1 Å². The second-order valence-corrected chi connectivity index (χ2v) is 9.64. The Bertz CT molecular complexity index is 643. The SMILES string of the molecule is CC(=O)OC/C=C(\C)CC[C@H]1C(COC(C)=O)=CC[C@H]2C(C)(C)CCC[C@]12C. The van der Waals surface area contributed by atoms with Crippen LogP contribution < -0.4 is 0 Å². The van der Waals surface area contributed by atoms with E-state index in [1.807, 2.05) is 6.08 Å². The lowest BCUT2D eigenvalue weighted by Crippen LogP contribution is -2.49. The van der Waals surface area contributed by atoms with E-state index in [4.69, 9.17) is 9.47 Å². The number of carbonyl (C=O) groups excluding carboxylic acids is 2. The van der Waals surface area contributed by atoms with E-state index in [9.17, 15) is 9.59 Å². The Morgan fingerprint density at radius 2 is 1.79 bits per heavy atom. The molecule has 28 heavy (non-hydrogen) atoms. The summed E-state index contributed by atoms with van der Waals surface area (Å²) in [4.78, 5) is 22.4. The van der Waals surface area contributed by atoms with Gasteiger partial charge in [0.05, 0.1) is 0 Å². The van der Waals surface area contributed by atoms with Crippen molar-refractivity contribution in [3.63, 3.8) is 0 Å². The van der Waals surface area contributed by atoms with E-state index < -0.39 is 0 Å². The number of allylic oxidation sites excluding steroid dienone is 2. The van der Waals surface area contributed by atoms with Gasteiger partial charge in [0.1, 0.15) is 13.2 Å². The molecule has 0 saturated heterocycles. The third-order valence-corrected chi connectivity index (χ3v) is 7.12. The Balaban J connectivity index is 2.18. The predicted octanol–water partition coefficient (Wildman–Crippen LogP) is 5.62. The summed E-state index contributed by atoms with van der Waals surface area (Å²) in [6.07, 6.45) is 11.2. The highest BCUT2D eigenvalue weighted by Gasteiger charge is 2.52. The molecular weight excluding hydrogens is 352 g/mol. The van der Waals surface area contributed by atoms with Crippen LogP contribution >= 0.6 is 0 Å². The third kappa shape index (κ3) is 5.48. The molecule has 2 rings (SSSR count). The van der Waals surface area contributed by atoms with Crippen molar-refractivity contribution in [3.8, 4) is 0 Å². The molecule has 2 aliphatic carbocycles. The minimum absolute atomic E-state index is 0.214. The van der Waals surface area contributed by atoms with Gasteiger partial charge in [0, 0.05) is 13.8 Å². The van der Waals surface area contributed by atoms with Gasteiger partial charge in [-0.1, -0.05) is 38.8 Å². The van der Waals surface area contributed by atoms with Crippen molar-refractivity contribution < 1.29 is 19.1 Å². The second-order valence-electron chi connectivity index (χ2n) is 9.64. The minimum atomic E-state index is -0.247. The van der Waals surface area contributed by atoms with E-state index >= 15 is 0 Å². The fourth-order valence-electron chi connectivity index (χ4n) is 5.64. The fourth-order valence-corrected chi connectivity index (χ4v) is 5.64. The Morgan fingerprint density at radius 3 is 2.43 bits per heavy atom. The normalized spacial score (nSPS) is 29.5. The number of rotatable bonds is 7. The van der Waals surface area contributed by atoms with Crippen LogP contribution in [0.5, 0.6) is 0 Å². The summed E-state index contributed by atoms with van der Waals surface area (Å²) in [7, 11) is 0. The molecule has 4 heteroatoms. The number of fused-ring (bicyclic) bond motifs is 1. The van der Waals surface area contributed by atoms with Gasteiger partial charge >= 0.3 is 11.9 Å². The van der Waals surface area contributed by atoms with Gasteiger partial charge < -0.3 is 9.47 Å². The van der Waals surface area contributed by atoms with Gasteiger partial charge in [-0.05, 0) is 73.3 Å². The minimum Gasteiger partial charge on any atom is -0.462 e. The van der Waals surface area contributed by atoms with E-state index in [2.05, 4.69) is 33.8 Å². The van der Waals surface area contributed by atoms with Crippen LogP contribution in [0, 0.1) is 22.7 Å². The van der Waals surface area contributed by atoms with E-state index in [-0.39, 0.29) is 17.4 Å². The van der Waals surface area contributed by atoms with Crippen LogP contribution in [-0.2, 0) is 19.1 Å². The van der Waals surface area contributed by atoms with Gasteiger partial charge in [-0.15, -0.1) is 0 Å². The molecule has 2 aliphatic rings. The zero-order valence-corrected chi connectivity index (χ0v) is 18.6. The summed E-state index contributed by atoms with van der Waals surface area (Å²) in [6, 6.07) is 0. The highest BCUT2D eigenvalue weighted by atomic mass is 16.5. The smallest absolute Gasteiger partial charge is 0.302 e. The van der Waals surface area contributed by atoms with Crippen LogP contribution in [0.2, 0.25) is 0 Å². The largest absolute Gasteiger partial charge is 0.462 e. The molecule has 0 spiro atoms. The first kappa shape index (κ1) is 22.7. The molecule has 3 atom stereocenters. The first-order valence-corrected chi connectivity index (χ1v) is 10.7. The third-order valence-electron chi connectivity index (χ3n) is 7.12. The first-order valence-electron chi connectivity index (χ1n) is 10.7. The van der Waals surface area contributed by atoms with Crippen LogP contribution in [0.1, 0.15) is 80.1 Å². The molecule has 158 valence electrons. The summed E-state index contributed by atoms with van der Waals surface area (Å²) in [5.74, 6) is 0.614. The molecule has 0 aromatic heterocycles. The Hall–Kier alpha value is -1.58. The highest BCUT2D eigenvalue weighted by molar-refractivity contribution is 5.66. The van der Waals surface area contributed by atoms with E-state index in [1.54, 1.807) is 0 Å². The first-order chi connectivity index (χ1) is 13.1. The average Bonchev–Trinajstić information content (AvgIpc) is 2.57. The quantitative estimate of drug-likeness (QED) is 0.418. The molecule has 0 aromatic carbocycles. The van der Waals surface area contributed by atoms with Crippen molar-refractivity contribution in [1.29, 1.82) is 0 Å². The maximum atomic E-state index is 11.4. The summed E-state index contributed by atoms with van der Waals surface area (Å²) in [6.45, 7) is 13.1. The van der Waals surface area contributed by atoms with Crippen molar-refractivity contribution in [2.75, 3.05) is 13.2 Å². The summed E-state index contributed by atoms with van der Waals surface area (Å²) in [5.41, 5.74) is 3.12. The van der Waals surface area contributed by atoms with E-state index in [1.165, 1.54) is 44.3 Å². The van der Waals surface area contributed by atoms with Gasteiger partial charge in [0.15, 0.2) is 0 Å². The van der Waals surface area contributed by atoms with Crippen LogP contribution in [0.3, 0.4) is 0 Å². The second kappa shape index (κ2) is 9.28. The van der Waals surface area contributed by atoms with Crippen molar-refractivity contribution in [1.82, 2.24) is 0 Å². The van der Waals surface area contributed by atoms with Crippen molar-refractivity contribution in [2.24, 2.45) is 22.7 Å². The summed E-state index contributed by atoms with van der Waals surface area (Å²) in [5, 5.41) is 0. The van der Waals surface area contributed by atoms with Crippen molar-refractivity contribution in [3.05, 3.63) is 23.3 Å². The lowest BCUT2D eigenvalue weighted by molar-refractivity contribution is -0.141. The monoisotopic (exact) mass is 390 g/mol. The van der Waals surface area contributed by atoms with Crippen molar-refractivity contribution >= 4 is 11.9 Å². The van der Waals surface area contributed by atoms with Crippen LogP contribution in [-0.4, -0.2) is 25.2 Å². The molecule has 0 aromatic rings. The van der Waals surface area contributed by atoms with Gasteiger partial charge in [-0.3, -0.25) is 9.59 Å². The van der Waals surface area contributed by atoms with Gasteiger partial charge in [-0.2, -0.15) is 0 Å². The molecule has 0 radical (unpaired) electrons. The molecule has 0 amide bonds. The molecule has 0 N–H and O–H groups in total. The predicted molar refractivity (Wildman–Crippen MR) is 112 cm³/mol. The maximum Gasteiger partial charge on any atom is 0.302 e. The van der Waals surface area contributed by atoms with Gasteiger partial charge in [0.25, 0.3) is 0 Å². The standard InChI is InChI=1S/C24H38O4/c1-17(12-15-27-18(2)25)8-10-21-20(16-28-19(3)26)9-11-22-23(4,5)13-7-14-24(21,22)6/h9,12,21-22H,7-8,10-11,13-16H2,1-6H3/b17-12+/t21-,22-,24+/m0/s1. The molecule has 1 fully saturated rings. The average molecular weight is 391 g/mol. The highest BCUT2D eigenvalue weighted by Crippen LogP contribution is 2.60. The van der Waals surface area contributed by atoms with Gasteiger partial charge in [0.2, 0.25) is 0 Å². The molecule has 1 saturated carbocycles. The maximum absolute atomic E-state index is 11.4. The molecule has 4 nitrogen and oxygen atoms in total. The summed E-state index contributed by atoms with van der Waals surface area (Å²) < 4.78 is 10.4. The zero-order valence-electron chi connectivity index (χ0n) is 18.6. The molecule has 0 bridgehead atoms.